The molecule has 0 spiro atoms. The van der Waals surface area contributed by atoms with Gasteiger partial charge in [0.2, 0.25) is 0 Å². The van der Waals surface area contributed by atoms with E-state index in [1.165, 1.54) is 9.75 Å². The molecule has 3 heteroatoms. The number of aryl methyl sites for hydroxylation is 1. The molecular formula is C15H27NOS. The summed E-state index contributed by atoms with van der Waals surface area (Å²) >= 11 is 1.88. The average Bonchev–Trinajstić information content (AvgIpc) is 2.74. The Hall–Kier alpha value is -0.380. The maximum Gasteiger partial charge on any atom is 0.0800 e. The van der Waals surface area contributed by atoms with E-state index < -0.39 is 0 Å². The van der Waals surface area contributed by atoms with Gasteiger partial charge in [-0.3, -0.25) is 0 Å². The molecule has 0 aliphatic heterocycles. The van der Waals surface area contributed by atoms with Gasteiger partial charge in [-0.05, 0) is 44.9 Å². The second-order valence-electron chi connectivity index (χ2n) is 5.04. The first-order chi connectivity index (χ1) is 8.60. The van der Waals surface area contributed by atoms with Gasteiger partial charge in [0.15, 0.2) is 0 Å². The van der Waals surface area contributed by atoms with Gasteiger partial charge < -0.3 is 10.1 Å². The third-order valence-corrected chi connectivity index (χ3v) is 4.11. The van der Waals surface area contributed by atoms with Crippen molar-refractivity contribution >= 4 is 11.3 Å². The number of thiophene rings is 1. The lowest BCUT2D eigenvalue weighted by molar-refractivity contribution is 0.00368. The summed E-state index contributed by atoms with van der Waals surface area (Å²) in [7, 11) is 0. The van der Waals surface area contributed by atoms with Gasteiger partial charge in [0, 0.05) is 16.4 Å². The van der Waals surface area contributed by atoms with E-state index in [-0.39, 0.29) is 6.10 Å². The first-order valence-electron chi connectivity index (χ1n) is 7.01. The van der Waals surface area contributed by atoms with Crippen molar-refractivity contribution in [2.45, 2.75) is 53.2 Å². The molecule has 0 saturated heterocycles. The summed E-state index contributed by atoms with van der Waals surface area (Å²) in [6.45, 7) is 12.7. The van der Waals surface area contributed by atoms with Gasteiger partial charge in [0.25, 0.3) is 0 Å². The van der Waals surface area contributed by atoms with E-state index in [9.17, 15) is 0 Å². The SMILES string of the molecule is CCCNC(c1ccc(C)s1)C(OCC)C(C)C. The van der Waals surface area contributed by atoms with Gasteiger partial charge in [0.1, 0.15) is 0 Å². The zero-order chi connectivity index (χ0) is 13.5. The van der Waals surface area contributed by atoms with Crippen LogP contribution in [0.15, 0.2) is 12.1 Å². The van der Waals surface area contributed by atoms with E-state index in [1.807, 2.05) is 11.3 Å². The van der Waals surface area contributed by atoms with E-state index in [0.717, 1.165) is 19.6 Å². The minimum atomic E-state index is 0.250. The Morgan fingerprint density at radius 1 is 1.28 bits per heavy atom. The van der Waals surface area contributed by atoms with E-state index in [4.69, 9.17) is 4.74 Å². The molecule has 0 aliphatic carbocycles. The molecule has 1 rings (SSSR count). The fourth-order valence-corrected chi connectivity index (χ4v) is 3.15. The molecule has 0 aromatic carbocycles. The molecule has 0 aliphatic rings. The molecule has 0 fully saturated rings. The second kappa shape index (κ2) is 7.93. The van der Waals surface area contributed by atoms with Crippen molar-refractivity contribution in [1.82, 2.24) is 5.32 Å². The number of hydrogen-bond donors (Lipinski definition) is 1. The highest BCUT2D eigenvalue weighted by atomic mass is 32.1. The number of ether oxygens (including phenoxy) is 1. The van der Waals surface area contributed by atoms with Crippen LogP contribution in [0.4, 0.5) is 0 Å². The van der Waals surface area contributed by atoms with E-state index in [2.05, 4.69) is 52.1 Å². The van der Waals surface area contributed by atoms with Gasteiger partial charge in [-0.15, -0.1) is 11.3 Å². The first-order valence-corrected chi connectivity index (χ1v) is 7.83. The standard InChI is InChI=1S/C15H27NOS/c1-6-10-16-14(13-9-8-12(5)18-13)15(11(3)4)17-7-2/h8-9,11,14-16H,6-7,10H2,1-5H3. The molecule has 1 aromatic rings. The summed E-state index contributed by atoms with van der Waals surface area (Å²) in [5.41, 5.74) is 0. The minimum absolute atomic E-state index is 0.250. The number of rotatable bonds is 8. The largest absolute Gasteiger partial charge is 0.376 e. The zero-order valence-electron chi connectivity index (χ0n) is 12.3. The zero-order valence-corrected chi connectivity index (χ0v) is 13.1. The monoisotopic (exact) mass is 269 g/mol. The predicted molar refractivity (Wildman–Crippen MR) is 80.3 cm³/mol. The van der Waals surface area contributed by atoms with E-state index >= 15 is 0 Å². The Kier molecular flexibility index (Phi) is 6.90. The normalized spacial score (nSPS) is 15.0. The summed E-state index contributed by atoms with van der Waals surface area (Å²) < 4.78 is 5.97. The molecule has 0 bridgehead atoms. The molecule has 0 saturated carbocycles. The molecule has 1 aromatic heterocycles. The summed E-state index contributed by atoms with van der Waals surface area (Å²) in [5, 5.41) is 3.65. The Balaban J connectivity index is 2.87. The summed E-state index contributed by atoms with van der Waals surface area (Å²) in [5.74, 6) is 0.515. The maximum absolute atomic E-state index is 5.97. The summed E-state index contributed by atoms with van der Waals surface area (Å²) in [4.78, 5) is 2.76. The lowest BCUT2D eigenvalue weighted by atomic mass is 9.98. The lowest BCUT2D eigenvalue weighted by Crippen LogP contribution is -2.37. The lowest BCUT2D eigenvalue weighted by Gasteiger charge is -2.30. The van der Waals surface area contributed by atoms with Crippen LogP contribution in [0.5, 0.6) is 0 Å². The highest BCUT2D eigenvalue weighted by Gasteiger charge is 2.27. The van der Waals surface area contributed by atoms with Crippen molar-refractivity contribution in [2.75, 3.05) is 13.2 Å². The molecule has 1 heterocycles. The first kappa shape index (κ1) is 15.7. The number of nitrogens with one attached hydrogen (secondary N) is 1. The van der Waals surface area contributed by atoms with Gasteiger partial charge in [-0.1, -0.05) is 20.8 Å². The van der Waals surface area contributed by atoms with Gasteiger partial charge >= 0.3 is 0 Å². The molecule has 1 N–H and O–H groups in total. The third-order valence-electron chi connectivity index (χ3n) is 3.03. The summed E-state index contributed by atoms with van der Waals surface area (Å²) in [6, 6.07) is 4.76. The average molecular weight is 269 g/mol. The minimum Gasteiger partial charge on any atom is -0.376 e. The second-order valence-corrected chi connectivity index (χ2v) is 6.36. The van der Waals surface area contributed by atoms with Crippen molar-refractivity contribution in [3.8, 4) is 0 Å². The molecule has 0 radical (unpaired) electrons. The van der Waals surface area contributed by atoms with Crippen LogP contribution >= 0.6 is 11.3 Å². The highest BCUT2D eigenvalue weighted by molar-refractivity contribution is 7.12. The van der Waals surface area contributed by atoms with Crippen LogP contribution in [0.1, 0.15) is 49.9 Å². The van der Waals surface area contributed by atoms with Crippen molar-refractivity contribution in [1.29, 1.82) is 0 Å². The Labute approximate surface area is 116 Å². The van der Waals surface area contributed by atoms with Crippen LogP contribution in [0.25, 0.3) is 0 Å². The molecule has 18 heavy (non-hydrogen) atoms. The Morgan fingerprint density at radius 2 is 2.00 bits per heavy atom. The van der Waals surface area contributed by atoms with E-state index in [1.54, 1.807) is 0 Å². The van der Waals surface area contributed by atoms with Crippen LogP contribution in [-0.2, 0) is 4.74 Å². The van der Waals surface area contributed by atoms with Crippen LogP contribution in [0, 0.1) is 12.8 Å². The van der Waals surface area contributed by atoms with Crippen LogP contribution in [0.2, 0.25) is 0 Å². The van der Waals surface area contributed by atoms with Crippen LogP contribution < -0.4 is 5.32 Å². The van der Waals surface area contributed by atoms with Crippen molar-refractivity contribution in [3.05, 3.63) is 21.9 Å². The van der Waals surface area contributed by atoms with E-state index in [0.29, 0.717) is 12.0 Å². The Bertz CT molecular complexity index is 335. The van der Waals surface area contributed by atoms with Crippen LogP contribution in [-0.4, -0.2) is 19.3 Å². The highest BCUT2D eigenvalue weighted by Crippen LogP contribution is 2.30. The quantitative estimate of drug-likeness (QED) is 0.765. The molecule has 2 atom stereocenters. The maximum atomic E-state index is 5.97. The van der Waals surface area contributed by atoms with Crippen LogP contribution in [0.3, 0.4) is 0 Å². The van der Waals surface area contributed by atoms with Gasteiger partial charge in [-0.25, -0.2) is 0 Å². The number of hydrogen-bond acceptors (Lipinski definition) is 3. The molecular weight excluding hydrogens is 242 g/mol. The fraction of sp³-hybridized carbons (Fsp3) is 0.733. The van der Waals surface area contributed by atoms with Crippen molar-refractivity contribution in [3.63, 3.8) is 0 Å². The van der Waals surface area contributed by atoms with Crippen molar-refractivity contribution in [2.24, 2.45) is 5.92 Å². The fourth-order valence-electron chi connectivity index (χ4n) is 2.17. The molecule has 2 nitrogen and oxygen atoms in total. The van der Waals surface area contributed by atoms with Crippen molar-refractivity contribution < 1.29 is 4.74 Å². The third kappa shape index (κ3) is 4.38. The topological polar surface area (TPSA) is 21.3 Å². The Morgan fingerprint density at radius 3 is 2.44 bits per heavy atom. The smallest absolute Gasteiger partial charge is 0.0800 e. The molecule has 104 valence electrons. The van der Waals surface area contributed by atoms with Gasteiger partial charge in [0.05, 0.1) is 12.1 Å². The summed E-state index contributed by atoms with van der Waals surface area (Å²) in [6.07, 6.45) is 1.40. The molecule has 2 unspecified atom stereocenters. The predicted octanol–water partition coefficient (Wildman–Crippen LogP) is 4.16. The molecule has 0 amide bonds. The van der Waals surface area contributed by atoms with Gasteiger partial charge in [-0.2, -0.15) is 0 Å².